The Morgan fingerprint density at radius 3 is 2.84 bits per heavy atom. The summed E-state index contributed by atoms with van der Waals surface area (Å²) in [5.74, 6) is 0. The van der Waals surface area contributed by atoms with E-state index in [0.717, 1.165) is 6.42 Å². The lowest BCUT2D eigenvalue weighted by Crippen LogP contribution is -2.34. The van der Waals surface area contributed by atoms with E-state index in [4.69, 9.17) is 0 Å². The second-order valence-electron chi connectivity index (χ2n) is 5.79. The molecule has 2 N–H and O–H groups in total. The number of aromatic nitrogens is 2. The summed E-state index contributed by atoms with van der Waals surface area (Å²) in [5.41, 5.74) is 1.13. The first-order valence-corrected chi connectivity index (χ1v) is 7.65. The average molecular weight is 327 g/mol. The van der Waals surface area contributed by atoms with E-state index in [1.165, 1.54) is 32.1 Å². The summed E-state index contributed by atoms with van der Waals surface area (Å²) in [6.45, 7) is 0. The first-order valence-electron chi connectivity index (χ1n) is 6.86. The van der Waals surface area contributed by atoms with Crippen molar-refractivity contribution < 1.29 is 4.79 Å². The normalized spacial score (nSPS) is 24.2. The Balaban J connectivity index is 1.54. The number of halogens is 1. The Morgan fingerprint density at radius 2 is 2.21 bits per heavy atom. The van der Waals surface area contributed by atoms with E-state index in [9.17, 15) is 4.79 Å². The van der Waals surface area contributed by atoms with Crippen molar-refractivity contribution in [3.63, 3.8) is 0 Å². The maximum absolute atomic E-state index is 12.0. The Bertz CT molecular complexity index is 493. The summed E-state index contributed by atoms with van der Waals surface area (Å²) in [7, 11) is 1.83. The first-order chi connectivity index (χ1) is 9.09. The van der Waals surface area contributed by atoms with Crippen LogP contribution in [0.25, 0.3) is 0 Å². The summed E-state index contributed by atoms with van der Waals surface area (Å²) in [4.78, 5) is 12.0. The quantitative estimate of drug-likeness (QED) is 0.877. The lowest BCUT2D eigenvalue weighted by molar-refractivity contribution is 0.247. The molecular formula is C13H19BrN4O. The van der Waals surface area contributed by atoms with Crippen molar-refractivity contribution in [3.8, 4) is 0 Å². The number of rotatable bonds is 2. The van der Waals surface area contributed by atoms with E-state index in [1.54, 1.807) is 10.9 Å². The second kappa shape index (κ2) is 4.81. The summed E-state index contributed by atoms with van der Waals surface area (Å²) in [6, 6.07) is 0.240. The monoisotopic (exact) mass is 326 g/mol. The first kappa shape index (κ1) is 13.0. The van der Waals surface area contributed by atoms with Crippen LogP contribution in [0.15, 0.2) is 10.8 Å². The van der Waals surface area contributed by atoms with Crippen LogP contribution in [0.5, 0.6) is 0 Å². The van der Waals surface area contributed by atoms with Crippen LogP contribution in [-0.2, 0) is 7.05 Å². The Morgan fingerprint density at radius 1 is 1.47 bits per heavy atom. The highest BCUT2D eigenvalue weighted by molar-refractivity contribution is 9.10. The van der Waals surface area contributed by atoms with Crippen LogP contribution >= 0.6 is 15.9 Å². The molecule has 5 nitrogen and oxygen atoms in total. The fourth-order valence-corrected chi connectivity index (χ4v) is 3.67. The second-order valence-corrected chi connectivity index (χ2v) is 6.54. The molecule has 2 fully saturated rings. The molecule has 0 bridgehead atoms. The molecule has 0 aliphatic heterocycles. The van der Waals surface area contributed by atoms with Gasteiger partial charge >= 0.3 is 6.03 Å². The van der Waals surface area contributed by atoms with Gasteiger partial charge in [0, 0.05) is 19.3 Å². The number of hydrogen-bond acceptors (Lipinski definition) is 2. The Kier molecular flexibility index (Phi) is 3.28. The number of anilines is 1. The van der Waals surface area contributed by atoms with Crippen molar-refractivity contribution in [2.24, 2.45) is 12.5 Å². The van der Waals surface area contributed by atoms with Crippen LogP contribution in [0, 0.1) is 5.41 Å². The molecule has 6 heteroatoms. The van der Waals surface area contributed by atoms with Crippen molar-refractivity contribution in [3.05, 3.63) is 10.8 Å². The Hall–Kier alpha value is -1.04. The zero-order chi connectivity index (χ0) is 13.5. The van der Waals surface area contributed by atoms with Crippen molar-refractivity contribution >= 4 is 27.6 Å². The highest BCUT2D eigenvalue weighted by atomic mass is 79.9. The highest BCUT2D eigenvalue weighted by Gasteiger charge is 2.54. The van der Waals surface area contributed by atoms with Crippen molar-refractivity contribution in [2.75, 3.05) is 5.32 Å². The third-order valence-corrected chi connectivity index (χ3v) is 4.96. The summed E-state index contributed by atoms with van der Waals surface area (Å²) in [5, 5.41) is 10.1. The minimum atomic E-state index is -0.124. The van der Waals surface area contributed by atoms with Crippen LogP contribution in [0.3, 0.4) is 0 Å². The Labute approximate surface area is 121 Å². The van der Waals surface area contributed by atoms with Crippen LogP contribution in [0.1, 0.15) is 38.5 Å². The van der Waals surface area contributed by atoms with Gasteiger partial charge in [0.05, 0.1) is 5.69 Å². The molecule has 2 aliphatic rings. The van der Waals surface area contributed by atoms with Crippen LogP contribution in [0.4, 0.5) is 10.5 Å². The van der Waals surface area contributed by atoms with E-state index in [0.29, 0.717) is 21.7 Å². The van der Waals surface area contributed by atoms with Gasteiger partial charge in [-0.2, -0.15) is 5.10 Å². The van der Waals surface area contributed by atoms with Gasteiger partial charge in [-0.15, -0.1) is 0 Å². The molecule has 1 atom stereocenters. The van der Waals surface area contributed by atoms with E-state index >= 15 is 0 Å². The third-order valence-electron chi connectivity index (χ3n) is 4.38. The van der Waals surface area contributed by atoms with Gasteiger partial charge in [0.15, 0.2) is 4.60 Å². The number of urea groups is 1. The smallest absolute Gasteiger partial charge is 0.319 e. The number of amides is 2. The number of carbonyl (C=O) groups excluding carboxylic acids is 1. The lowest BCUT2D eigenvalue weighted by Gasteiger charge is -2.22. The summed E-state index contributed by atoms with van der Waals surface area (Å²) >= 11 is 3.32. The molecule has 1 spiro atoms. The summed E-state index contributed by atoms with van der Waals surface area (Å²) < 4.78 is 2.33. The number of nitrogens with zero attached hydrogens (tertiary/aromatic N) is 2. The average Bonchev–Trinajstić information content (AvgIpc) is 2.88. The molecule has 1 unspecified atom stereocenters. The molecule has 2 amide bonds. The van der Waals surface area contributed by atoms with Crippen LogP contribution < -0.4 is 10.6 Å². The molecule has 0 aromatic carbocycles. The maximum Gasteiger partial charge on any atom is 0.319 e. The van der Waals surface area contributed by atoms with Crippen LogP contribution in [-0.4, -0.2) is 21.9 Å². The molecule has 19 heavy (non-hydrogen) atoms. The summed E-state index contributed by atoms with van der Waals surface area (Å²) in [6.07, 6.45) is 9.45. The van der Waals surface area contributed by atoms with Gasteiger partial charge in [0.2, 0.25) is 0 Å². The van der Waals surface area contributed by atoms with Crippen molar-refractivity contribution in [1.82, 2.24) is 15.1 Å². The molecule has 2 saturated carbocycles. The van der Waals surface area contributed by atoms with Crippen molar-refractivity contribution in [1.29, 1.82) is 0 Å². The zero-order valence-electron chi connectivity index (χ0n) is 11.1. The predicted octanol–water partition coefficient (Wildman–Crippen LogP) is 3.03. The van der Waals surface area contributed by atoms with Crippen LogP contribution in [0.2, 0.25) is 0 Å². The molecule has 1 aromatic heterocycles. The minimum Gasteiger partial charge on any atom is -0.335 e. The molecule has 1 aromatic rings. The molecule has 0 saturated heterocycles. The fourth-order valence-electron chi connectivity index (χ4n) is 3.22. The van der Waals surface area contributed by atoms with E-state index < -0.39 is 0 Å². The van der Waals surface area contributed by atoms with Gasteiger partial charge in [-0.05, 0) is 40.6 Å². The van der Waals surface area contributed by atoms with E-state index in [1.807, 2.05) is 7.05 Å². The highest BCUT2D eigenvalue weighted by Crippen LogP contribution is 2.56. The van der Waals surface area contributed by atoms with Gasteiger partial charge in [-0.1, -0.05) is 19.3 Å². The molecule has 3 rings (SSSR count). The predicted molar refractivity (Wildman–Crippen MR) is 77.0 cm³/mol. The number of carbonyl (C=O) groups is 1. The third kappa shape index (κ3) is 2.63. The standard InChI is InChI=1S/C13H19BrN4O/c1-18-8-9(11(14)17-18)15-12(19)16-10-7-13(10)5-3-2-4-6-13/h8,10H,2-7H2,1H3,(H2,15,16,19). The van der Waals surface area contributed by atoms with Gasteiger partial charge < -0.3 is 10.6 Å². The maximum atomic E-state index is 12.0. The lowest BCUT2D eigenvalue weighted by atomic mass is 9.86. The van der Waals surface area contributed by atoms with Crippen molar-refractivity contribution in [2.45, 2.75) is 44.6 Å². The molecule has 2 aliphatic carbocycles. The van der Waals surface area contributed by atoms with Gasteiger partial charge in [-0.25, -0.2) is 4.79 Å². The number of nitrogens with one attached hydrogen (secondary N) is 2. The van der Waals surface area contributed by atoms with E-state index in [2.05, 4.69) is 31.7 Å². The number of aryl methyl sites for hydroxylation is 1. The molecule has 1 heterocycles. The minimum absolute atomic E-state index is 0.124. The zero-order valence-corrected chi connectivity index (χ0v) is 12.7. The van der Waals surface area contributed by atoms with E-state index in [-0.39, 0.29) is 6.03 Å². The topological polar surface area (TPSA) is 59.0 Å². The SMILES string of the molecule is Cn1cc(NC(=O)NC2CC23CCCCC3)c(Br)n1. The molecular weight excluding hydrogens is 308 g/mol. The molecule has 104 valence electrons. The van der Waals surface area contributed by atoms with Gasteiger partial charge in [0.25, 0.3) is 0 Å². The fraction of sp³-hybridized carbons (Fsp3) is 0.692. The number of hydrogen-bond donors (Lipinski definition) is 2. The van der Waals surface area contributed by atoms with Gasteiger partial charge in [0.1, 0.15) is 0 Å². The molecule has 0 radical (unpaired) electrons. The van der Waals surface area contributed by atoms with Gasteiger partial charge in [-0.3, -0.25) is 4.68 Å². The largest absolute Gasteiger partial charge is 0.335 e.